The number of carbonyl (C=O) groups excluding carboxylic acids is 1. The van der Waals surface area contributed by atoms with Crippen molar-refractivity contribution in [3.05, 3.63) is 45.6 Å². The van der Waals surface area contributed by atoms with E-state index in [0.717, 1.165) is 5.56 Å². The van der Waals surface area contributed by atoms with Crippen LogP contribution in [0.25, 0.3) is 0 Å². The molecule has 0 atom stereocenters. The number of rotatable bonds is 7. The first-order chi connectivity index (χ1) is 10.6. The number of methoxy groups -OCH3 is 1. The van der Waals surface area contributed by atoms with Gasteiger partial charge in [0, 0.05) is 25.9 Å². The summed E-state index contributed by atoms with van der Waals surface area (Å²) in [7, 11) is 1.59. The van der Waals surface area contributed by atoms with Gasteiger partial charge in [0.2, 0.25) is 5.88 Å². The second-order valence-electron chi connectivity index (χ2n) is 4.49. The standard InChI is InChI=1S/C14H17N3O5/c1-9-12(14(19)17-22-9)13(18)16-8-10-3-4-11(15-7-10)21-6-5-20-2/h3-4,7H,5-6,8H2,1-2H3,(H,16,18)(H,17,19). The summed E-state index contributed by atoms with van der Waals surface area (Å²) >= 11 is 0. The monoisotopic (exact) mass is 307 g/mol. The number of ether oxygens (including phenoxy) is 2. The molecule has 0 unspecified atom stereocenters. The Kier molecular flexibility index (Phi) is 5.31. The Morgan fingerprint density at radius 1 is 1.41 bits per heavy atom. The summed E-state index contributed by atoms with van der Waals surface area (Å²) in [4.78, 5) is 27.4. The van der Waals surface area contributed by atoms with Crippen LogP contribution in [-0.2, 0) is 11.3 Å². The van der Waals surface area contributed by atoms with Crippen LogP contribution in [0.3, 0.4) is 0 Å². The van der Waals surface area contributed by atoms with Gasteiger partial charge in [-0.15, -0.1) is 0 Å². The number of pyridine rings is 1. The van der Waals surface area contributed by atoms with Gasteiger partial charge >= 0.3 is 0 Å². The lowest BCUT2D eigenvalue weighted by Crippen LogP contribution is -2.27. The molecule has 0 aromatic carbocycles. The molecule has 2 aromatic heterocycles. The Balaban J connectivity index is 1.89. The van der Waals surface area contributed by atoms with E-state index in [1.807, 2.05) is 0 Å². The van der Waals surface area contributed by atoms with Gasteiger partial charge in [0.05, 0.1) is 6.61 Å². The number of carbonyl (C=O) groups is 1. The van der Waals surface area contributed by atoms with Crippen LogP contribution in [-0.4, -0.2) is 36.4 Å². The van der Waals surface area contributed by atoms with Crippen LogP contribution in [0.1, 0.15) is 21.7 Å². The molecular weight excluding hydrogens is 290 g/mol. The highest BCUT2D eigenvalue weighted by Crippen LogP contribution is 2.08. The van der Waals surface area contributed by atoms with Crippen molar-refractivity contribution in [2.45, 2.75) is 13.5 Å². The van der Waals surface area contributed by atoms with E-state index in [9.17, 15) is 9.59 Å². The van der Waals surface area contributed by atoms with Crippen LogP contribution in [0, 0.1) is 6.92 Å². The van der Waals surface area contributed by atoms with Crippen LogP contribution in [0.5, 0.6) is 5.88 Å². The number of hydrogen-bond donors (Lipinski definition) is 2. The number of nitrogens with zero attached hydrogens (tertiary/aromatic N) is 1. The third kappa shape index (κ3) is 3.95. The minimum absolute atomic E-state index is 0.0209. The van der Waals surface area contributed by atoms with E-state index >= 15 is 0 Å². The highest BCUT2D eigenvalue weighted by Gasteiger charge is 2.16. The van der Waals surface area contributed by atoms with E-state index in [-0.39, 0.29) is 17.9 Å². The minimum atomic E-state index is -0.546. The fraction of sp³-hybridized carbons (Fsp3) is 0.357. The summed E-state index contributed by atoms with van der Waals surface area (Å²) in [5.41, 5.74) is 0.215. The number of hydrogen-bond acceptors (Lipinski definition) is 6. The lowest BCUT2D eigenvalue weighted by molar-refractivity contribution is 0.0948. The molecular formula is C14H17N3O5. The number of aromatic amines is 1. The molecule has 0 bridgehead atoms. The van der Waals surface area contributed by atoms with Crippen LogP contribution in [0.4, 0.5) is 0 Å². The van der Waals surface area contributed by atoms with E-state index in [1.165, 1.54) is 0 Å². The Bertz CT molecular complexity index is 675. The maximum atomic E-state index is 11.9. The molecule has 1 amide bonds. The van der Waals surface area contributed by atoms with Gasteiger partial charge in [-0.3, -0.25) is 9.59 Å². The highest BCUT2D eigenvalue weighted by atomic mass is 16.5. The van der Waals surface area contributed by atoms with Crippen LogP contribution in [0.15, 0.2) is 27.6 Å². The molecule has 0 aliphatic carbocycles. The molecule has 0 aliphatic rings. The normalized spacial score (nSPS) is 10.5. The average molecular weight is 307 g/mol. The van der Waals surface area contributed by atoms with Gasteiger partial charge in [-0.05, 0) is 12.5 Å². The zero-order chi connectivity index (χ0) is 15.9. The lowest BCUT2D eigenvalue weighted by atomic mass is 10.2. The zero-order valence-electron chi connectivity index (χ0n) is 12.3. The molecule has 0 radical (unpaired) electrons. The van der Waals surface area contributed by atoms with Gasteiger partial charge in [-0.1, -0.05) is 6.07 Å². The summed E-state index contributed by atoms with van der Waals surface area (Å²) < 4.78 is 15.0. The molecule has 0 saturated heterocycles. The van der Waals surface area contributed by atoms with E-state index in [2.05, 4.69) is 15.5 Å². The molecule has 2 N–H and O–H groups in total. The topological polar surface area (TPSA) is 106 Å². The van der Waals surface area contributed by atoms with Crippen molar-refractivity contribution in [2.75, 3.05) is 20.3 Å². The third-order valence-electron chi connectivity index (χ3n) is 2.89. The SMILES string of the molecule is COCCOc1ccc(CNC(=O)c2c(C)o[nH]c2=O)cn1. The van der Waals surface area contributed by atoms with Crippen molar-refractivity contribution in [1.29, 1.82) is 0 Å². The van der Waals surface area contributed by atoms with Gasteiger partial charge in [0.25, 0.3) is 11.5 Å². The molecule has 2 aromatic rings. The Morgan fingerprint density at radius 2 is 2.23 bits per heavy atom. The van der Waals surface area contributed by atoms with Crippen molar-refractivity contribution in [3.8, 4) is 5.88 Å². The predicted octanol–water partition coefficient (Wildman–Crippen LogP) is 0.627. The molecule has 118 valence electrons. The van der Waals surface area contributed by atoms with Crippen molar-refractivity contribution >= 4 is 5.91 Å². The summed E-state index contributed by atoms with van der Waals surface area (Å²) in [5, 5.41) is 4.75. The molecule has 0 fully saturated rings. The third-order valence-corrected chi connectivity index (χ3v) is 2.89. The number of amides is 1. The lowest BCUT2D eigenvalue weighted by Gasteiger charge is -2.06. The smallest absolute Gasteiger partial charge is 0.293 e. The fourth-order valence-electron chi connectivity index (χ4n) is 1.75. The zero-order valence-corrected chi connectivity index (χ0v) is 12.3. The van der Waals surface area contributed by atoms with E-state index < -0.39 is 11.5 Å². The number of aryl methyl sites for hydroxylation is 1. The number of H-pyrrole nitrogens is 1. The van der Waals surface area contributed by atoms with Crippen LogP contribution in [0.2, 0.25) is 0 Å². The summed E-state index contributed by atoms with van der Waals surface area (Å²) in [6.45, 7) is 2.69. The molecule has 0 saturated carbocycles. The van der Waals surface area contributed by atoms with Gasteiger partial charge < -0.3 is 19.3 Å². The van der Waals surface area contributed by atoms with Crippen LogP contribution >= 0.6 is 0 Å². The first-order valence-electron chi connectivity index (χ1n) is 6.64. The van der Waals surface area contributed by atoms with Gasteiger partial charge in [0.15, 0.2) is 0 Å². The van der Waals surface area contributed by atoms with Crippen molar-refractivity contribution < 1.29 is 18.8 Å². The maximum Gasteiger partial charge on any atom is 0.293 e. The minimum Gasteiger partial charge on any atom is -0.475 e. The van der Waals surface area contributed by atoms with Gasteiger partial charge in [0.1, 0.15) is 17.9 Å². The van der Waals surface area contributed by atoms with Crippen molar-refractivity contribution in [2.24, 2.45) is 0 Å². The van der Waals surface area contributed by atoms with Crippen molar-refractivity contribution in [3.63, 3.8) is 0 Å². The van der Waals surface area contributed by atoms with E-state index in [4.69, 9.17) is 14.0 Å². The first-order valence-corrected chi connectivity index (χ1v) is 6.64. The molecule has 8 heteroatoms. The number of aromatic nitrogens is 2. The molecule has 0 aliphatic heterocycles. The number of nitrogens with one attached hydrogen (secondary N) is 2. The van der Waals surface area contributed by atoms with E-state index in [0.29, 0.717) is 19.1 Å². The van der Waals surface area contributed by atoms with Crippen LogP contribution < -0.4 is 15.6 Å². The van der Waals surface area contributed by atoms with E-state index in [1.54, 1.807) is 32.4 Å². The summed E-state index contributed by atoms with van der Waals surface area (Å²) in [6.07, 6.45) is 1.59. The highest BCUT2D eigenvalue weighted by molar-refractivity contribution is 5.94. The summed E-state index contributed by atoms with van der Waals surface area (Å²) in [5.74, 6) is 0.240. The Morgan fingerprint density at radius 3 is 2.82 bits per heavy atom. The predicted molar refractivity (Wildman–Crippen MR) is 76.8 cm³/mol. The quantitative estimate of drug-likeness (QED) is 0.727. The summed E-state index contributed by atoms with van der Waals surface area (Å²) in [6, 6.07) is 3.48. The largest absolute Gasteiger partial charge is 0.475 e. The Hall–Kier alpha value is -2.61. The van der Waals surface area contributed by atoms with Gasteiger partial charge in [-0.2, -0.15) is 5.16 Å². The first kappa shape index (κ1) is 15.8. The molecule has 8 nitrogen and oxygen atoms in total. The average Bonchev–Trinajstić information content (AvgIpc) is 2.85. The molecule has 0 spiro atoms. The second kappa shape index (κ2) is 7.41. The fourth-order valence-corrected chi connectivity index (χ4v) is 1.75. The second-order valence-corrected chi connectivity index (χ2v) is 4.49. The van der Waals surface area contributed by atoms with Gasteiger partial charge in [-0.25, -0.2) is 4.98 Å². The maximum absolute atomic E-state index is 11.9. The molecule has 2 rings (SSSR count). The molecule has 2 heterocycles. The van der Waals surface area contributed by atoms with Crippen molar-refractivity contribution in [1.82, 2.24) is 15.5 Å². The Labute approximate surface area is 126 Å². The molecule has 22 heavy (non-hydrogen) atoms.